The Morgan fingerprint density at radius 3 is 2.47 bits per heavy atom. The van der Waals surface area contributed by atoms with Gasteiger partial charge in [0.15, 0.2) is 5.76 Å². The van der Waals surface area contributed by atoms with Gasteiger partial charge < -0.3 is 19.2 Å². The van der Waals surface area contributed by atoms with Gasteiger partial charge in [0.1, 0.15) is 29.6 Å². The van der Waals surface area contributed by atoms with Gasteiger partial charge in [-0.25, -0.2) is 0 Å². The second kappa shape index (κ2) is 11.2. The number of amides is 1. The largest absolute Gasteiger partial charge is 0.486 e. The highest BCUT2D eigenvalue weighted by atomic mass is 35.5. The van der Waals surface area contributed by atoms with Gasteiger partial charge >= 0.3 is 0 Å². The SMILES string of the molecule is CCc1ccc(OCc2ccc(C(=O)Nc3cc(Oc4ccc(Cl)cc4Cl)cc([N+](=O)[O-])c3)o2)cc1. The molecule has 36 heavy (non-hydrogen) atoms. The molecule has 0 aliphatic carbocycles. The number of non-ortho nitro benzene ring substituents is 1. The molecular formula is C26H20Cl2N2O6. The fourth-order valence-electron chi connectivity index (χ4n) is 3.25. The van der Waals surface area contributed by atoms with Crippen molar-refractivity contribution in [2.75, 3.05) is 5.32 Å². The molecule has 0 spiro atoms. The van der Waals surface area contributed by atoms with Crippen molar-refractivity contribution in [1.29, 1.82) is 0 Å². The van der Waals surface area contributed by atoms with Crippen molar-refractivity contribution in [2.45, 2.75) is 20.0 Å². The molecule has 10 heteroatoms. The maximum atomic E-state index is 12.7. The topological polar surface area (TPSA) is 104 Å². The molecule has 1 N–H and O–H groups in total. The zero-order valence-electron chi connectivity index (χ0n) is 19.0. The van der Waals surface area contributed by atoms with Gasteiger partial charge in [-0.1, -0.05) is 42.3 Å². The predicted octanol–water partition coefficient (Wildman–Crippen LogP) is 7.68. The maximum Gasteiger partial charge on any atom is 0.291 e. The van der Waals surface area contributed by atoms with Gasteiger partial charge in [-0.3, -0.25) is 14.9 Å². The maximum absolute atomic E-state index is 12.7. The number of nitrogens with zero attached hydrogens (tertiary/aromatic N) is 1. The Bertz CT molecular complexity index is 1400. The Morgan fingerprint density at radius 1 is 1.00 bits per heavy atom. The minimum Gasteiger partial charge on any atom is -0.486 e. The molecule has 0 radical (unpaired) electrons. The van der Waals surface area contributed by atoms with Crippen LogP contribution in [0, 0.1) is 10.1 Å². The van der Waals surface area contributed by atoms with E-state index < -0.39 is 10.8 Å². The molecule has 4 rings (SSSR count). The van der Waals surface area contributed by atoms with E-state index in [1.165, 1.54) is 42.0 Å². The van der Waals surface area contributed by atoms with E-state index in [4.69, 9.17) is 37.1 Å². The summed E-state index contributed by atoms with van der Waals surface area (Å²) in [6.07, 6.45) is 0.935. The van der Waals surface area contributed by atoms with Crippen molar-refractivity contribution in [1.82, 2.24) is 0 Å². The minimum absolute atomic E-state index is 0.0182. The number of nitro benzene ring substituents is 1. The normalized spacial score (nSPS) is 10.6. The Balaban J connectivity index is 1.45. The zero-order chi connectivity index (χ0) is 25.7. The van der Waals surface area contributed by atoms with Crippen LogP contribution >= 0.6 is 23.2 Å². The molecule has 1 heterocycles. The average molecular weight is 527 g/mol. The van der Waals surface area contributed by atoms with Crippen LogP contribution in [0.1, 0.15) is 28.8 Å². The van der Waals surface area contributed by atoms with E-state index in [1.807, 2.05) is 24.3 Å². The molecule has 0 saturated carbocycles. The van der Waals surface area contributed by atoms with Crippen molar-refractivity contribution < 1.29 is 23.6 Å². The summed E-state index contributed by atoms with van der Waals surface area (Å²) in [6.45, 7) is 2.21. The fraction of sp³-hybridized carbons (Fsp3) is 0.115. The molecule has 0 aliphatic rings. The lowest BCUT2D eigenvalue weighted by atomic mass is 10.2. The van der Waals surface area contributed by atoms with Crippen molar-refractivity contribution in [2.24, 2.45) is 0 Å². The van der Waals surface area contributed by atoms with Crippen LogP contribution in [0.25, 0.3) is 0 Å². The lowest BCUT2D eigenvalue weighted by Gasteiger charge is -2.10. The standard InChI is InChI=1S/C26H20Cl2N2O6/c1-2-16-3-6-20(7-4-16)34-15-21-8-10-25(35-21)26(31)29-18-12-19(30(32)33)14-22(13-18)36-24-9-5-17(27)11-23(24)28/h3-14H,2,15H2,1H3,(H,29,31). The van der Waals surface area contributed by atoms with E-state index in [0.717, 1.165) is 6.42 Å². The number of nitrogens with one attached hydrogen (secondary N) is 1. The first-order chi connectivity index (χ1) is 17.3. The van der Waals surface area contributed by atoms with Crippen LogP contribution in [0.3, 0.4) is 0 Å². The second-order valence-corrected chi connectivity index (χ2v) is 8.50. The molecule has 3 aromatic carbocycles. The van der Waals surface area contributed by atoms with Crippen LogP contribution in [0.2, 0.25) is 10.0 Å². The lowest BCUT2D eigenvalue weighted by Crippen LogP contribution is -2.11. The number of carbonyl (C=O) groups is 1. The number of benzene rings is 3. The van der Waals surface area contributed by atoms with E-state index in [1.54, 1.807) is 12.1 Å². The summed E-state index contributed by atoms with van der Waals surface area (Å²) < 4.78 is 17.0. The molecule has 8 nitrogen and oxygen atoms in total. The summed E-state index contributed by atoms with van der Waals surface area (Å²) in [5, 5.41) is 14.6. The summed E-state index contributed by atoms with van der Waals surface area (Å²) in [5.41, 5.74) is 1.06. The van der Waals surface area contributed by atoms with Crippen LogP contribution < -0.4 is 14.8 Å². The Kier molecular flexibility index (Phi) is 7.77. The van der Waals surface area contributed by atoms with E-state index >= 15 is 0 Å². The van der Waals surface area contributed by atoms with Gasteiger partial charge in [0.25, 0.3) is 11.6 Å². The first kappa shape index (κ1) is 25.1. The highest BCUT2D eigenvalue weighted by Crippen LogP contribution is 2.34. The van der Waals surface area contributed by atoms with Crippen LogP contribution in [0.5, 0.6) is 17.2 Å². The van der Waals surface area contributed by atoms with E-state index in [-0.39, 0.29) is 40.3 Å². The Hall–Kier alpha value is -4.01. The number of anilines is 1. The molecule has 0 unspecified atom stereocenters. The zero-order valence-corrected chi connectivity index (χ0v) is 20.5. The predicted molar refractivity (Wildman–Crippen MR) is 136 cm³/mol. The monoisotopic (exact) mass is 526 g/mol. The fourth-order valence-corrected chi connectivity index (χ4v) is 3.70. The Morgan fingerprint density at radius 2 is 1.78 bits per heavy atom. The molecule has 0 aliphatic heterocycles. The third-order valence-corrected chi connectivity index (χ3v) is 5.61. The van der Waals surface area contributed by atoms with Crippen LogP contribution in [0.15, 0.2) is 77.2 Å². The number of hydrogen-bond donors (Lipinski definition) is 1. The highest BCUT2D eigenvalue weighted by Gasteiger charge is 2.17. The number of aryl methyl sites for hydroxylation is 1. The smallest absolute Gasteiger partial charge is 0.291 e. The number of nitro groups is 1. The van der Waals surface area contributed by atoms with Gasteiger partial charge in [-0.05, 0) is 54.4 Å². The molecule has 0 bridgehead atoms. The quantitative estimate of drug-likeness (QED) is 0.177. The molecule has 1 aromatic heterocycles. The summed E-state index contributed by atoms with van der Waals surface area (Å²) in [5.74, 6) is 0.902. The minimum atomic E-state index is -0.596. The van der Waals surface area contributed by atoms with Crippen molar-refractivity contribution in [3.8, 4) is 17.2 Å². The van der Waals surface area contributed by atoms with Gasteiger partial charge in [0.2, 0.25) is 0 Å². The van der Waals surface area contributed by atoms with E-state index in [2.05, 4.69) is 12.2 Å². The van der Waals surface area contributed by atoms with Crippen LogP contribution in [-0.4, -0.2) is 10.8 Å². The number of carbonyl (C=O) groups excluding carboxylic acids is 1. The molecule has 0 saturated heterocycles. The van der Waals surface area contributed by atoms with Crippen LogP contribution in [-0.2, 0) is 13.0 Å². The Labute approximate surface area is 216 Å². The lowest BCUT2D eigenvalue weighted by molar-refractivity contribution is -0.384. The molecule has 0 atom stereocenters. The van der Waals surface area contributed by atoms with Crippen molar-refractivity contribution in [3.63, 3.8) is 0 Å². The second-order valence-electron chi connectivity index (χ2n) is 7.66. The molecule has 0 fully saturated rings. The van der Waals surface area contributed by atoms with Gasteiger partial charge in [0, 0.05) is 17.2 Å². The number of furan rings is 1. The third-order valence-electron chi connectivity index (χ3n) is 5.08. The number of rotatable bonds is 9. The summed E-state index contributed by atoms with van der Waals surface area (Å²) in [6, 6.07) is 19.3. The number of hydrogen-bond acceptors (Lipinski definition) is 6. The van der Waals surface area contributed by atoms with Crippen LogP contribution in [0.4, 0.5) is 11.4 Å². The summed E-state index contributed by atoms with van der Waals surface area (Å²) >= 11 is 12.0. The number of ether oxygens (including phenoxy) is 2. The number of halogens is 2. The first-order valence-corrected chi connectivity index (χ1v) is 11.6. The van der Waals surface area contributed by atoms with Gasteiger partial charge in [0.05, 0.1) is 21.7 Å². The molecule has 4 aromatic rings. The molecular weight excluding hydrogens is 507 g/mol. The highest BCUT2D eigenvalue weighted by molar-refractivity contribution is 6.35. The summed E-state index contributed by atoms with van der Waals surface area (Å²) in [7, 11) is 0. The van der Waals surface area contributed by atoms with Crippen molar-refractivity contribution in [3.05, 3.63) is 110 Å². The van der Waals surface area contributed by atoms with E-state index in [0.29, 0.717) is 16.5 Å². The average Bonchev–Trinajstić information content (AvgIpc) is 3.34. The van der Waals surface area contributed by atoms with E-state index in [9.17, 15) is 14.9 Å². The first-order valence-electron chi connectivity index (χ1n) is 10.8. The van der Waals surface area contributed by atoms with Gasteiger partial charge in [-0.2, -0.15) is 0 Å². The molecule has 1 amide bonds. The van der Waals surface area contributed by atoms with Gasteiger partial charge in [-0.15, -0.1) is 0 Å². The molecule has 184 valence electrons. The summed E-state index contributed by atoms with van der Waals surface area (Å²) in [4.78, 5) is 23.5. The van der Waals surface area contributed by atoms with Crippen molar-refractivity contribution >= 4 is 40.5 Å². The third kappa shape index (κ3) is 6.35.